The summed E-state index contributed by atoms with van der Waals surface area (Å²) in [5.74, 6) is -1.54. The first-order chi connectivity index (χ1) is 14.5. The van der Waals surface area contributed by atoms with E-state index < -0.39 is 23.8 Å². The number of benzene rings is 2. The van der Waals surface area contributed by atoms with Crippen molar-refractivity contribution >= 4 is 34.8 Å². The van der Waals surface area contributed by atoms with Crippen molar-refractivity contribution in [1.82, 2.24) is 15.6 Å². The highest BCUT2D eigenvalue weighted by Gasteiger charge is 2.24. The Morgan fingerprint density at radius 1 is 1.07 bits per heavy atom. The summed E-state index contributed by atoms with van der Waals surface area (Å²) in [5.41, 5.74) is 2.55. The molecule has 7 nitrogen and oxygen atoms in total. The summed E-state index contributed by atoms with van der Waals surface area (Å²) in [7, 11) is 1.27. The van der Waals surface area contributed by atoms with Crippen molar-refractivity contribution in [3.05, 3.63) is 77.6 Å². The van der Waals surface area contributed by atoms with Gasteiger partial charge in [-0.05, 0) is 17.7 Å². The van der Waals surface area contributed by atoms with Gasteiger partial charge >= 0.3 is 5.97 Å². The molecule has 0 fully saturated rings. The van der Waals surface area contributed by atoms with Gasteiger partial charge in [0, 0.05) is 36.0 Å². The SMILES string of the molecule is COC(=O)[C@H](Cc1ccccc1)NC(=O)/C(=C/c1c[nH]c2ccccc12)NC(C)=O. The van der Waals surface area contributed by atoms with E-state index in [0.29, 0.717) is 0 Å². The van der Waals surface area contributed by atoms with E-state index in [0.717, 1.165) is 22.0 Å². The predicted octanol–water partition coefficient (Wildman–Crippen LogP) is 2.55. The lowest BCUT2D eigenvalue weighted by Crippen LogP contribution is -2.45. The molecule has 0 aliphatic carbocycles. The first-order valence-electron chi connectivity index (χ1n) is 9.46. The summed E-state index contributed by atoms with van der Waals surface area (Å²) in [6.45, 7) is 1.32. The number of esters is 1. The van der Waals surface area contributed by atoms with Gasteiger partial charge in [-0.3, -0.25) is 9.59 Å². The van der Waals surface area contributed by atoms with E-state index in [2.05, 4.69) is 15.6 Å². The fraction of sp³-hybridized carbons (Fsp3) is 0.174. The minimum Gasteiger partial charge on any atom is -0.467 e. The molecule has 154 valence electrons. The van der Waals surface area contributed by atoms with Gasteiger partial charge in [0.15, 0.2) is 0 Å². The Labute approximate surface area is 174 Å². The summed E-state index contributed by atoms with van der Waals surface area (Å²) in [6.07, 6.45) is 3.59. The third-order valence-corrected chi connectivity index (χ3v) is 4.55. The van der Waals surface area contributed by atoms with Crippen molar-refractivity contribution in [3.63, 3.8) is 0 Å². The lowest BCUT2D eigenvalue weighted by molar-refractivity contribution is -0.144. The van der Waals surface area contributed by atoms with Crippen LogP contribution in [-0.2, 0) is 25.5 Å². The van der Waals surface area contributed by atoms with Gasteiger partial charge in [0.2, 0.25) is 5.91 Å². The van der Waals surface area contributed by atoms with E-state index in [9.17, 15) is 14.4 Å². The first-order valence-corrected chi connectivity index (χ1v) is 9.46. The Bertz CT molecular complexity index is 1090. The van der Waals surface area contributed by atoms with Gasteiger partial charge in [0.1, 0.15) is 11.7 Å². The molecule has 0 spiro atoms. The number of ether oxygens (including phenoxy) is 1. The predicted molar refractivity (Wildman–Crippen MR) is 114 cm³/mol. The number of carbonyl (C=O) groups excluding carboxylic acids is 3. The molecule has 7 heteroatoms. The van der Waals surface area contributed by atoms with Crippen LogP contribution in [0.2, 0.25) is 0 Å². The minimum atomic E-state index is -0.898. The molecule has 3 N–H and O–H groups in total. The second-order valence-corrected chi connectivity index (χ2v) is 6.77. The third-order valence-electron chi connectivity index (χ3n) is 4.55. The molecule has 2 aromatic carbocycles. The Kier molecular flexibility index (Phi) is 6.64. The lowest BCUT2D eigenvalue weighted by Gasteiger charge is -2.18. The highest BCUT2D eigenvalue weighted by atomic mass is 16.5. The van der Waals surface area contributed by atoms with E-state index in [-0.39, 0.29) is 12.1 Å². The van der Waals surface area contributed by atoms with Gasteiger partial charge in [-0.15, -0.1) is 0 Å². The van der Waals surface area contributed by atoms with Crippen molar-refractivity contribution in [3.8, 4) is 0 Å². The summed E-state index contributed by atoms with van der Waals surface area (Å²) in [5, 5.41) is 6.13. The number of methoxy groups -OCH3 is 1. The van der Waals surface area contributed by atoms with Crippen LogP contribution in [0, 0.1) is 0 Å². The Hall–Kier alpha value is -3.87. The number of fused-ring (bicyclic) bond motifs is 1. The monoisotopic (exact) mass is 405 g/mol. The van der Waals surface area contributed by atoms with E-state index in [1.165, 1.54) is 14.0 Å². The largest absolute Gasteiger partial charge is 0.467 e. The van der Waals surface area contributed by atoms with Crippen molar-refractivity contribution in [2.75, 3.05) is 7.11 Å². The highest BCUT2D eigenvalue weighted by Crippen LogP contribution is 2.20. The summed E-state index contributed by atoms with van der Waals surface area (Å²) >= 11 is 0. The molecule has 3 rings (SSSR count). The van der Waals surface area contributed by atoms with Crippen molar-refractivity contribution < 1.29 is 19.1 Å². The number of H-pyrrole nitrogens is 1. The molecule has 0 radical (unpaired) electrons. The van der Waals surface area contributed by atoms with Crippen LogP contribution in [-0.4, -0.2) is 35.9 Å². The number of amides is 2. The number of carbonyl (C=O) groups is 3. The zero-order valence-electron chi connectivity index (χ0n) is 16.8. The minimum absolute atomic E-state index is 0.0363. The molecule has 0 aliphatic heterocycles. The Morgan fingerprint density at radius 2 is 1.77 bits per heavy atom. The number of rotatable bonds is 7. The van der Waals surface area contributed by atoms with Gasteiger partial charge in [-0.2, -0.15) is 0 Å². The maximum absolute atomic E-state index is 12.9. The molecule has 1 atom stereocenters. The molecule has 2 amide bonds. The standard InChI is InChI=1S/C23H23N3O4/c1-15(27)25-20(13-17-14-24-19-11-7-6-10-18(17)19)22(28)26-21(23(29)30-2)12-16-8-4-3-5-9-16/h3-11,13-14,21,24H,12H2,1-2H3,(H,25,27)(H,26,28)/b20-13-/t21-/m0/s1. The lowest BCUT2D eigenvalue weighted by atomic mass is 10.1. The van der Waals surface area contributed by atoms with Gasteiger partial charge in [0.25, 0.3) is 5.91 Å². The number of para-hydroxylation sites is 1. The summed E-state index contributed by atoms with van der Waals surface area (Å²) in [4.78, 5) is 40.0. The number of nitrogens with one attached hydrogen (secondary N) is 3. The normalized spacial score (nSPS) is 12.3. The average molecular weight is 405 g/mol. The molecule has 1 heterocycles. The van der Waals surface area contributed by atoms with Crippen molar-refractivity contribution in [2.45, 2.75) is 19.4 Å². The molecular formula is C23H23N3O4. The van der Waals surface area contributed by atoms with Gasteiger partial charge in [-0.25, -0.2) is 4.79 Å². The molecule has 0 aliphatic rings. The van der Waals surface area contributed by atoms with E-state index in [4.69, 9.17) is 4.74 Å². The van der Waals surface area contributed by atoms with Crippen LogP contribution in [0.1, 0.15) is 18.1 Å². The highest BCUT2D eigenvalue weighted by molar-refractivity contribution is 6.04. The molecular weight excluding hydrogens is 382 g/mol. The van der Waals surface area contributed by atoms with E-state index in [1.54, 1.807) is 12.3 Å². The zero-order chi connectivity index (χ0) is 21.5. The number of hydrogen-bond donors (Lipinski definition) is 3. The molecule has 1 aromatic heterocycles. The van der Waals surface area contributed by atoms with Gasteiger partial charge in [0.05, 0.1) is 7.11 Å². The Balaban J connectivity index is 1.88. The van der Waals surface area contributed by atoms with E-state index >= 15 is 0 Å². The van der Waals surface area contributed by atoms with E-state index in [1.807, 2.05) is 54.6 Å². The maximum atomic E-state index is 12.9. The van der Waals surface area contributed by atoms with Crippen LogP contribution in [0.4, 0.5) is 0 Å². The fourth-order valence-corrected chi connectivity index (χ4v) is 3.14. The number of aromatic amines is 1. The Morgan fingerprint density at radius 3 is 2.47 bits per heavy atom. The van der Waals surface area contributed by atoms with Crippen LogP contribution in [0.5, 0.6) is 0 Å². The summed E-state index contributed by atoms with van der Waals surface area (Å²) in [6, 6.07) is 16.0. The topological polar surface area (TPSA) is 100 Å². The second kappa shape index (κ2) is 9.56. The van der Waals surface area contributed by atoms with Crippen molar-refractivity contribution in [2.24, 2.45) is 0 Å². The molecule has 30 heavy (non-hydrogen) atoms. The number of aromatic nitrogens is 1. The van der Waals surface area contributed by atoms with Crippen molar-refractivity contribution in [1.29, 1.82) is 0 Å². The first kappa shape index (κ1) is 20.9. The van der Waals surface area contributed by atoms with Gasteiger partial charge < -0.3 is 20.4 Å². The molecule has 0 saturated heterocycles. The second-order valence-electron chi connectivity index (χ2n) is 6.77. The van der Waals surface area contributed by atoms with Crippen LogP contribution in [0.25, 0.3) is 17.0 Å². The van der Waals surface area contributed by atoms with Crippen LogP contribution in [0.3, 0.4) is 0 Å². The average Bonchev–Trinajstić information content (AvgIpc) is 3.15. The van der Waals surface area contributed by atoms with Crippen LogP contribution >= 0.6 is 0 Å². The van der Waals surface area contributed by atoms with Crippen LogP contribution < -0.4 is 10.6 Å². The molecule has 0 unspecified atom stereocenters. The fourth-order valence-electron chi connectivity index (χ4n) is 3.14. The summed E-state index contributed by atoms with van der Waals surface area (Å²) < 4.78 is 4.84. The maximum Gasteiger partial charge on any atom is 0.328 e. The zero-order valence-corrected chi connectivity index (χ0v) is 16.8. The molecule has 0 bridgehead atoms. The van der Waals surface area contributed by atoms with Crippen LogP contribution in [0.15, 0.2) is 66.5 Å². The van der Waals surface area contributed by atoms with Gasteiger partial charge in [-0.1, -0.05) is 48.5 Å². The number of hydrogen-bond acceptors (Lipinski definition) is 4. The third kappa shape index (κ3) is 5.14. The quantitative estimate of drug-likeness (QED) is 0.415. The molecule has 0 saturated carbocycles. The smallest absolute Gasteiger partial charge is 0.328 e. The molecule has 3 aromatic rings.